The third-order valence-corrected chi connectivity index (χ3v) is 4.55. The summed E-state index contributed by atoms with van der Waals surface area (Å²) >= 11 is 0. The van der Waals surface area contributed by atoms with Gasteiger partial charge in [0.15, 0.2) is 0 Å². The van der Waals surface area contributed by atoms with Gasteiger partial charge in [0.2, 0.25) is 0 Å². The quantitative estimate of drug-likeness (QED) is 0.652. The summed E-state index contributed by atoms with van der Waals surface area (Å²) < 4.78 is 14.1. The molecule has 2 N–H and O–H groups in total. The van der Waals surface area contributed by atoms with Crippen molar-refractivity contribution in [2.24, 2.45) is 0 Å². The Morgan fingerprint density at radius 1 is 0.962 bits per heavy atom. The largest absolute Gasteiger partial charge is 0.396 e. The first-order valence-corrected chi connectivity index (χ1v) is 8.77. The molecule has 2 aliphatic rings. The monoisotopic (exact) mass is 364 g/mol. The zero-order valence-corrected chi connectivity index (χ0v) is 14.6. The molecule has 0 radical (unpaired) electrons. The summed E-state index contributed by atoms with van der Waals surface area (Å²) in [6, 6.07) is 0.730. The number of nitro groups is 1. The van der Waals surface area contributed by atoms with Crippen LogP contribution in [0, 0.1) is 10.1 Å². The summed E-state index contributed by atoms with van der Waals surface area (Å²) in [6.45, 7) is 3.09. The lowest BCUT2D eigenvalue weighted by Crippen LogP contribution is -2.19. The van der Waals surface area contributed by atoms with E-state index in [-0.39, 0.29) is 11.7 Å². The van der Waals surface area contributed by atoms with Crippen LogP contribution in [0.2, 0.25) is 0 Å². The molecule has 0 saturated carbocycles. The van der Waals surface area contributed by atoms with Crippen molar-refractivity contribution in [1.82, 2.24) is 19.6 Å². The molecule has 0 amide bonds. The number of hydrogen-bond donors (Lipinski definition) is 1. The maximum absolute atomic E-state index is 10.4. The van der Waals surface area contributed by atoms with Crippen molar-refractivity contribution < 1.29 is 14.4 Å². The Balaban J connectivity index is 0.000000152. The van der Waals surface area contributed by atoms with Gasteiger partial charge in [0.1, 0.15) is 12.4 Å². The van der Waals surface area contributed by atoms with E-state index in [1.807, 2.05) is 10.9 Å². The Bertz CT molecular complexity index is 703. The van der Waals surface area contributed by atoms with E-state index >= 15 is 0 Å². The zero-order chi connectivity index (χ0) is 18.4. The van der Waals surface area contributed by atoms with Crippen LogP contribution in [0.1, 0.15) is 37.8 Å². The number of anilines is 1. The third kappa shape index (κ3) is 4.79. The van der Waals surface area contributed by atoms with Gasteiger partial charge in [0, 0.05) is 32.6 Å². The number of nitrogen functional groups attached to an aromatic ring is 1. The minimum absolute atomic E-state index is 0.0523. The van der Waals surface area contributed by atoms with Crippen molar-refractivity contribution in [2.45, 2.75) is 37.8 Å². The third-order valence-electron chi connectivity index (χ3n) is 4.55. The second-order valence-corrected chi connectivity index (χ2v) is 6.38. The van der Waals surface area contributed by atoms with Gasteiger partial charge in [-0.15, -0.1) is 0 Å². The summed E-state index contributed by atoms with van der Waals surface area (Å²) in [5, 5.41) is 18.6. The van der Waals surface area contributed by atoms with Crippen molar-refractivity contribution in [3.63, 3.8) is 0 Å². The fraction of sp³-hybridized carbons (Fsp3) is 0.625. The number of nitrogens with two attached hydrogens (primary N) is 1. The van der Waals surface area contributed by atoms with Crippen LogP contribution in [0.4, 0.5) is 11.4 Å². The lowest BCUT2D eigenvalue weighted by molar-refractivity contribution is -0.385. The van der Waals surface area contributed by atoms with Gasteiger partial charge in [-0.2, -0.15) is 10.2 Å². The fourth-order valence-corrected chi connectivity index (χ4v) is 3.07. The molecule has 26 heavy (non-hydrogen) atoms. The van der Waals surface area contributed by atoms with E-state index in [4.69, 9.17) is 15.2 Å². The molecule has 10 heteroatoms. The minimum atomic E-state index is -0.428. The molecule has 2 aliphatic heterocycles. The minimum Gasteiger partial charge on any atom is -0.396 e. The molecular formula is C16H24N6O4. The Kier molecular flexibility index (Phi) is 6.18. The highest BCUT2D eigenvalue weighted by atomic mass is 16.6. The fourth-order valence-electron chi connectivity index (χ4n) is 3.07. The topological polar surface area (TPSA) is 123 Å². The maximum atomic E-state index is 10.4. The number of nitrogens with zero attached hydrogens (tertiary/aromatic N) is 5. The van der Waals surface area contributed by atoms with E-state index in [9.17, 15) is 10.1 Å². The molecular weight excluding hydrogens is 340 g/mol. The normalized spacial score (nSPS) is 18.9. The zero-order valence-electron chi connectivity index (χ0n) is 14.6. The summed E-state index contributed by atoms with van der Waals surface area (Å²) in [4.78, 5) is 10.00. The van der Waals surface area contributed by atoms with Crippen LogP contribution in [0.15, 0.2) is 24.8 Å². The van der Waals surface area contributed by atoms with Crippen LogP contribution < -0.4 is 5.73 Å². The van der Waals surface area contributed by atoms with Crippen LogP contribution in [0.25, 0.3) is 0 Å². The number of ether oxygens (including phenoxy) is 2. The Morgan fingerprint density at radius 3 is 1.88 bits per heavy atom. The van der Waals surface area contributed by atoms with Gasteiger partial charge in [-0.3, -0.25) is 19.5 Å². The van der Waals surface area contributed by atoms with Crippen LogP contribution in [-0.2, 0) is 9.47 Å². The van der Waals surface area contributed by atoms with Gasteiger partial charge in [0.05, 0.1) is 28.9 Å². The van der Waals surface area contributed by atoms with Crippen molar-refractivity contribution in [2.75, 3.05) is 32.2 Å². The van der Waals surface area contributed by atoms with Gasteiger partial charge < -0.3 is 15.2 Å². The van der Waals surface area contributed by atoms with Gasteiger partial charge >= 0.3 is 5.69 Å². The van der Waals surface area contributed by atoms with Gasteiger partial charge in [-0.1, -0.05) is 0 Å². The first kappa shape index (κ1) is 18.3. The number of hydrogen-bond acceptors (Lipinski definition) is 7. The van der Waals surface area contributed by atoms with Gasteiger partial charge in [0.25, 0.3) is 0 Å². The molecule has 0 aliphatic carbocycles. The first-order valence-electron chi connectivity index (χ1n) is 8.77. The average Bonchev–Trinajstić information content (AvgIpc) is 3.33. The highest BCUT2D eigenvalue weighted by Crippen LogP contribution is 2.22. The van der Waals surface area contributed by atoms with Crippen molar-refractivity contribution >= 4 is 11.4 Å². The van der Waals surface area contributed by atoms with E-state index in [2.05, 4.69) is 10.2 Å². The number of aromatic nitrogens is 4. The highest BCUT2D eigenvalue weighted by molar-refractivity contribution is 5.30. The molecule has 4 heterocycles. The standard InChI is InChI=1S/C8H11N3O3.C8H13N3O/c12-11(13)8-5-9-10(6-8)7-1-3-14-4-2-7;9-7-5-10-11(6-7)8-1-3-12-4-2-8/h5-7H,1-4H2;5-6,8H,1-4,9H2. The molecule has 10 nitrogen and oxygen atoms in total. The second-order valence-electron chi connectivity index (χ2n) is 6.38. The van der Waals surface area contributed by atoms with Gasteiger partial charge in [-0.25, -0.2) is 0 Å². The summed E-state index contributed by atoms with van der Waals surface area (Å²) in [5.41, 5.74) is 6.36. The lowest BCUT2D eigenvalue weighted by atomic mass is 10.1. The van der Waals surface area contributed by atoms with Crippen molar-refractivity contribution in [1.29, 1.82) is 0 Å². The Morgan fingerprint density at radius 2 is 1.46 bits per heavy atom. The summed E-state index contributed by atoms with van der Waals surface area (Å²) in [7, 11) is 0. The predicted octanol–water partition coefficient (Wildman–Crippen LogP) is 1.96. The molecule has 2 fully saturated rings. The smallest absolute Gasteiger partial charge is 0.307 e. The molecule has 4 rings (SSSR count). The van der Waals surface area contributed by atoms with E-state index in [1.165, 1.54) is 12.4 Å². The van der Waals surface area contributed by atoms with Crippen LogP contribution in [0.3, 0.4) is 0 Å². The Labute approximate surface area is 151 Å². The van der Waals surface area contributed by atoms with E-state index in [0.29, 0.717) is 19.3 Å². The number of rotatable bonds is 3. The highest BCUT2D eigenvalue weighted by Gasteiger charge is 2.19. The second kappa shape index (κ2) is 8.77. The summed E-state index contributed by atoms with van der Waals surface area (Å²) in [6.07, 6.45) is 10.2. The molecule has 2 saturated heterocycles. The molecule has 2 aromatic rings. The van der Waals surface area contributed by atoms with Gasteiger partial charge in [-0.05, 0) is 25.7 Å². The first-order chi connectivity index (χ1) is 12.6. The predicted molar refractivity (Wildman–Crippen MR) is 93.7 cm³/mol. The Hall–Kier alpha value is -2.46. The summed E-state index contributed by atoms with van der Waals surface area (Å²) in [5.74, 6) is 0. The molecule has 142 valence electrons. The van der Waals surface area contributed by atoms with E-state index < -0.39 is 4.92 Å². The van der Waals surface area contributed by atoms with Crippen LogP contribution in [-0.4, -0.2) is 50.9 Å². The molecule has 0 atom stereocenters. The van der Waals surface area contributed by atoms with Crippen molar-refractivity contribution in [3.05, 3.63) is 34.9 Å². The van der Waals surface area contributed by atoms with Crippen molar-refractivity contribution in [3.8, 4) is 0 Å². The van der Waals surface area contributed by atoms with Crippen LogP contribution >= 0.6 is 0 Å². The van der Waals surface area contributed by atoms with E-state index in [0.717, 1.165) is 44.6 Å². The molecule has 0 unspecified atom stereocenters. The molecule has 0 spiro atoms. The SMILES string of the molecule is Nc1cnn(C2CCOCC2)c1.O=[N+]([O-])c1cnn(C2CCOCC2)c1. The van der Waals surface area contributed by atoms with Crippen LogP contribution in [0.5, 0.6) is 0 Å². The molecule has 0 aromatic carbocycles. The average molecular weight is 364 g/mol. The van der Waals surface area contributed by atoms with E-state index in [1.54, 1.807) is 10.9 Å². The molecule has 2 aromatic heterocycles. The molecule has 0 bridgehead atoms. The lowest BCUT2D eigenvalue weighted by Gasteiger charge is -2.22. The maximum Gasteiger partial charge on any atom is 0.307 e.